The zero-order chi connectivity index (χ0) is 13.1. The van der Waals surface area contributed by atoms with E-state index in [9.17, 15) is 12.8 Å². The lowest BCUT2D eigenvalue weighted by Gasteiger charge is -2.09. The molecule has 4 nitrogen and oxygen atoms in total. The molecule has 0 aromatic heterocycles. The molecule has 0 atom stereocenters. The van der Waals surface area contributed by atoms with Gasteiger partial charge in [0, 0.05) is 18.0 Å². The van der Waals surface area contributed by atoms with Gasteiger partial charge >= 0.3 is 0 Å². The molecule has 0 saturated carbocycles. The van der Waals surface area contributed by atoms with Crippen LogP contribution in [0.1, 0.15) is 5.56 Å². The Hall–Kier alpha value is -0.790. The highest BCUT2D eigenvalue weighted by molar-refractivity contribution is 7.98. The number of sulfonamides is 1. The lowest BCUT2D eigenvalue weighted by molar-refractivity contribution is 0.555. The van der Waals surface area contributed by atoms with Crippen LogP contribution in [0.3, 0.4) is 0 Å². The second-order valence-electron chi connectivity index (χ2n) is 3.54. The predicted molar refractivity (Wildman–Crippen MR) is 69.1 cm³/mol. The lowest BCUT2D eigenvalue weighted by Crippen LogP contribution is -2.27. The van der Waals surface area contributed by atoms with Gasteiger partial charge in [-0.1, -0.05) is 0 Å². The number of nitrogens with two attached hydrogens (primary N) is 1. The van der Waals surface area contributed by atoms with E-state index in [4.69, 9.17) is 5.73 Å². The highest BCUT2D eigenvalue weighted by Crippen LogP contribution is 2.21. The van der Waals surface area contributed by atoms with E-state index in [1.54, 1.807) is 0 Å². The maximum atomic E-state index is 13.7. The maximum absolute atomic E-state index is 13.7. The molecule has 0 heterocycles. The van der Waals surface area contributed by atoms with E-state index >= 15 is 0 Å². The van der Waals surface area contributed by atoms with Gasteiger partial charge in [0.15, 0.2) is 0 Å². The van der Waals surface area contributed by atoms with Crippen LogP contribution in [0.25, 0.3) is 0 Å². The normalized spacial score (nSPS) is 11.7. The van der Waals surface area contributed by atoms with Crippen molar-refractivity contribution < 1.29 is 12.8 Å². The molecular weight excluding hydrogens is 263 g/mol. The Morgan fingerprint density at radius 3 is 2.71 bits per heavy atom. The van der Waals surface area contributed by atoms with E-state index in [2.05, 4.69) is 4.72 Å². The Balaban J connectivity index is 3.06. The summed E-state index contributed by atoms with van der Waals surface area (Å²) in [4.78, 5) is -0.392. The summed E-state index contributed by atoms with van der Waals surface area (Å²) in [6, 6.07) is 2.53. The van der Waals surface area contributed by atoms with Crippen molar-refractivity contribution in [2.45, 2.75) is 11.8 Å². The van der Waals surface area contributed by atoms with Gasteiger partial charge in [-0.05, 0) is 30.9 Å². The second kappa shape index (κ2) is 5.70. The minimum Gasteiger partial charge on any atom is -0.399 e. The smallest absolute Gasteiger partial charge is 0.243 e. The van der Waals surface area contributed by atoms with Gasteiger partial charge in [0.2, 0.25) is 10.0 Å². The summed E-state index contributed by atoms with van der Waals surface area (Å²) >= 11 is 1.50. The molecule has 0 aliphatic rings. The summed E-state index contributed by atoms with van der Waals surface area (Å²) in [7, 11) is -3.83. The third-order valence-corrected chi connectivity index (χ3v) is 4.20. The van der Waals surface area contributed by atoms with Crippen molar-refractivity contribution in [2.75, 3.05) is 24.3 Å². The van der Waals surface area contributed by atoms with Gasteiger partial charge in [-0.25, -0.2) is 17.5 Å². The van der Waals surface area contributed by atoms with E-state index in [-0.39, 0.29) is 17.8 Å². The first-order valence-corrected chi connectivity index (χ1v) is 7.80. The van der Waals surface area contributed by atoms with Crippen LogP contribution in [0.4, 0.5) is 10.1 Å². The number of hydrogen-bond donors (Lipinski definition) is 2. The molecule has 1 aromatic rings. The number of benzene rings is 1. The van der Waals surface area contributed by atoms with Gasteiger partial charge in [0.05, 0.1) is 0 Å². The Labute approximate surface area is 105 Å². The topological polar surface area (TPSA) is 72.2 Å². The fourth-order valence-electron chi connectivity index (χ4n) is 1.32. The molecule has 0 saturated heterocycles. The summed E-state index contributed by atoms with van der Waals surface area (Å²) in [5.41, 5.74) is 5.97. The number of thioether (sulfide) groups is 1. The first-order valence-electron chi connectivity index (χ1n) is 4.92. The Kier molecular flexibility index (Phi) is 4.79. The number of nitrogens with one attached hydrogen (secondary N) is 1. The molecule has 0 radical (unpaired) electrons. The van der Waals surface area contributed by atoms with E-state index < -0.39 is 20.7 Å². The molecule has 1 aromatic carbocycles. The van der Waals surface area contributed by atoms with Crippen LogP contribution in [-0.2, 0) is 10.0 Å². The van der Waals surface area contributed by atoms with Crippen molar-refractivity contribution in [3.63, 3.8) is 0 Å². The quantitative estimate of drug-likeness (QED) is 0.630. The molecule has 0 fully saturated rings. The van der Waals surface area contributed by atoms with Crippen molar-refractivity contribution in [3.8, 4) is 0 Å². The van der Waals surface area contributed by atoms with Gasteiger partial charge in [0.1, 0.15) is 10.7 Å². The summed E-state index contributed by atoms with van der Waals surface area (Å²) < 4.78 is 39.7. The molecule has 96 valence electrons. The summed E-state index contributed by atoms with van der Waals surface area (Å²) in [5, 5.41) is 0. The van der Waals surface area contributed by atoms with Crippen molar-refractivity contribution in [1.82, 2.24) is 4.72 Å². The fourth-order valence-corrected chi connectivity index (χ4v) is 2.97. The zero-order valence-electron chi connectivity index (χ0n) is 9.66. The lowest BCUT2D eigenvalue weighted by atomic mass is 10.2. The summed E-state index contributed by atoms with van der Waals surface area (Å²) in [6.45, 7) is 1.74. The first-order chi connectivity index (χ1) is 7.88. The molecule has 1 rings (SSSR count). The standard InChI is InChI=1S/C10H15FN2O2S2/c1-7-5-8(12)6-9(10(7)11)17(14,15)13-3-4-16-2/h5-6,13H,3-4,12H2,1-2H3. The third-order valence-electron chi connectivity index (χ3n) is 2.13. The van der Waals surface area contributed by atoms with E-state index in [0.29, 0.717) is 5.75 Å². The minimum atomic E-state index is -3.83. The average Bonchev–Trinajstić information content (AvgIpc) is 2.23. The van der Waals surface area contributed by atoms with Crippen LogP contribution in [0.15, 0.2) is 17.0 Å². The van der Waals surface area contributed by atoms with Crippen molar-refractivity contribution >= 4 is 27.5 Å². The number of nitrogen functional groups attached to an aromatic ring is 1. The van der Waals surface area contributed by atoms with Crippen LogP contribution < -0.4 is 10.5 Å². The molecule has 17 heavy (non-hydrogen) atoms. The Bertz CT molecular complexity index is 503. The molecule has 0 spiro atoms. The monoisotopic (exact) mass is 278 g/mol. The number of halogens is 1. The Morgan fingerprint density at radius 2 is 2.12 bits per heavy atom. The fraction of sp³-hybridized carbons (Fsp3) is 0.400. The van der Waals surface area contributed by atoms with Gasteiger partial charge in [-0.15, -0.1) is 0 Å². The largest absolute Gasteiger partial charge is 0.399 e. The molecule has 0 aliphatic heterocycles. The van der Waals surface area contributed by atoms with Gasteiger partial charge in [0.25, 0.3) is 0 Å². The minimum absolute atomic E-state index is 0.218. The van der Waals surface area contributed by atoms with E-state index in [1.807, 2.05) is 6.26 Å². The highest BCUT2D eigenvalue weighted by Gasteiger charge is 2.20. The molecule has 7 heteroatoms. The highest BCUT2D eigenvalue weighted by atomic mass is 32.2. The van der Waals surface area contributed by atoms with Crippen LogP contribution in [-0.4, -0.2) is 27.0 Å². The van der Waals surface area contributed by atoms with Gasteiger partial charge in [-0.3, -0.25) is 0 Å². The van der Waals surface area contributed by atoms with Crippen LogP contribution >= 0.6 is 11.8 Å². The molecule has 0 amide bonds. The number of rotatable bonds is 5. The predicted octanol–water partition coefficient (Wildman–Crippen LogP) is 1.36. The maximum Gasteiger partial charge on any atom is 0.243 e. The molecule has 0 unspecified atom stereocenters. The van der Waals surface area contributed by atoms with Crippen LogP contribution in [0.2, 0.25) is 0 Å². The SMILES string of the molecule is CSCCNS(=O)(=O)c1cc(N)cc(C)c1F. The van der Waals surface area contributed by atoms with Crippen molar-refractivity contribution in [3.05, 3.63) is 23.5 Å². The first kappa shape index (κ1) is 14.3. The molecule has 0 aliphatic carbocycles. The van der Waals surface area contributed by atoms with Gasteiger partial charge < -0.3 is 5.73 Å². The number of aryl methyl sites for hydroxylation is 1. The van der Waals surface area contributed by atoms with Crippen molar-refractivity contribution in [1.29, 1.82) is 0 Å². The van der Waals surface area contributed by atoms with Crippen LogP contribution in [0.5, 0.6) is 0 Å². The summed E-state index contributed by atoms with van der Waals surface area (Å²) in [6.07, 6.45) is 1.86. The van der Waals surface area contributed by atoms with E-state index in [0.717, 1.165) is 6.07 Å². The molecule has 0 bridgehead atoms. The molecular formula is C10H15FN2O2S2. The zero-order valence-corrected chi connectivity index (χ0v) is 11.3. The van der Waals surface area contributed by atoms with Gasteiger partial charge in [-0.2, -0.15) is 11.8 Å². The Morgan fingerprint density at radius 1 is 1.47 bits per heavy atom. The third kappa shape index (κ3) is 3.58. The number of hydrogen-bond acceptors (Lipinski definition) is 4. The number of anilines is 1. The van der Waals surface area contributed by atoms with Crippen molar-refractivity contribution in [2.24, 2.45) is 0 Å². The average molecular weight is 278 g/mol. The van der Waals surface area contributed by atoms with E-state index in [1.165, 1.54) is 24.8 Å². The summed E-state index contributed by atoms with van der Waals surface area (Å²) in [5.74, 6) is -0.127. The molecule has 3 N–H and O–H groups in total. The van der Waals surface area contributed by atoms with Crippen LogP contribution in [0, 0.1) is 12.7 Å². The second-order valence-corrected chi connectivity index (χ2v) is 6.26.